The van der Waals surface area contributed by atoms with Crippen molar-refractivity contribution >= 4 is 28.2 Å². The van der Waals surface area contributed by atoms with Gasteiger partial charge in [-0.2, -0.15) is 5.10 Å². The van der Waals surface area contributed by atoms with Crippen molar-refractivity contribution in [1.29, 1.82) is 0 Å². The first-order valence-corrected chi connectivity index (χ1v) is 11.0. The van der Waals surface area contributed by atoms with Crippen LogP contribution >= 0.6 is 0 Å². The highest BCUT2D eigenvalue weighted by molar-refractivity contribution is 5.94. The summed E-state index contributed by atoms with van der Waals surface area (Å²) in [6, 6.07) is 4.84. The summed E-state index contributed by atoms with van der Waals surface area (Å²) in [7, 11) is 0. The molecule has 1 aromatic carbocycles. The van der Waals surface area contributed by atoms with Crippen molar-refractivity contribution in [2.45, 2.75) is 45.2 Å². The normalized spacial score (nSPS) is 15.3. The third kappa shape index (κ3) is 4.25. The van der Waals surface area contributed by atoms with E-state index in [1.807, 2.05) is 25.5 Å². The van der Waals surface area contributed by atoms with Gasteiger partial charge in [-0.3, -0.25) is 4.68 Å². The number of aromatic amines is 1. The molecule has 0 radical (unpaired) electrons. The van der Waals surface area contributed by atoms with Gasteiger partial charge in [-0.1, -0.05) is 0 Å². The number of carbonyl (C=O) groups is 1. The largest absolute Gasteiger partial charge is 0.413 e. The lowest BCUT2D eigenvalue weighted by molar-refractivity contribution is 0.191. The molecular weight excluding hydrogens is 425 g/mol. The van der Waals surface area contributed by atoms with E-state index in [1.54, 1.807) is 18.5 Å². The van der Waals surface area contributed by atoms with Crippen LogP contribution < -0.4 is 15.4 Å². The fourth-order valence-corrected chi connectivity index (χ4v) is 4.12. The second-order valence-corrected chi connectivity index (χ2v) is 9.31. The Kier molecular flexibility index (Phi) is 5.24. The SMILES string of the molecule is CC(C)(C)NC(=O)Oc1c[nH]c2ncc(-c3nn(C4CCNCC4)c4cc(F)ccc34)nc12. The molecule has 9 nitrogen and oxygen atoms in total. The quantitative estimate of drug-likeness (QED) is 0.436. The summed E-state index contributed by atoms with van der Waals surface area (Å²) >= 11 is 0. The molecular formula is C23H26FN7O2. The highest BCUT2D eigenvalue weighted by atomic mass is 19.1. The van der Waals surface area contributed by atoms with E-state index >= 15 is 0 Å². The lowest BCUT2D eigenvalue weighted by Gasteiger charge is -2.23. The minimum atomic E-state index is -0.577. The molecule has 33 heavy (non-hydrogen) atoms. The number of nitrogens with zero attached hydrogens (tertiary/aromatic N) is 4. The summed E-state index contributed by atoms with van der Waals surface area (Å²) in [5, 5.41) is 11.7. The van der Waals surface area contributed by atoms with E-state index in [-0.39, 0.29) is 17.6 Å². The lowest BCUT2D eigenvalue weighted by atomic mass is 10.1. The molecule has 0 atom stereocenters. The van der Waals surface area contributed by atoms with Crippen LogP contribution in [0.2, 0.25) is 0 Å². The maximum atomic E-state index is 14.1. The Hall–Kier alpha value is -3.53. The Bertz CT molecular complexity index is 1330. The van der Waals surface area contributed by atoms with E-state index in [0.29, 0.717) is 22.6 Å². The van der Waals surface area contributed by atoms with Crippen molar-refractivity contribution in [2.75, 3.05) is 13.1 Å². The second kappa shape index (κ2) is 8.11. The van der Waals surface area contributed by atoms with Gasteiger partial charge in [0.1, 0.15) is 17.2 Å². The molecule has 0 bridgehead atoms. The fourth-order valence-electron chi connectivity index (χ4n) is 4.12. The Balaban J connectivity index is 1.56. The molecule has 172 valence electrons. The number of benzene rings is 1. The highest BCUT2D eigenvalue weighted by Crippen LogP contribution is 2.33. The average Bonchev–Trinajstić information content (AvgIpc) is 3.34. The van der Waals surface area contributed by atoms with Gasteiger partial charge >= 0.3 is 6.09 Å². The van der Waals surface area contributed by atoms with Gasteiger partial charge in [0, 0.05) is 17.1 Å². The third-order valence-corrected chi connectivity index (χ3v) is 5.59. The summed E-state index contributed by atoms with van der Waals surface area (Å²) in [6.45, 7) is 7.39. The van der Waals surface area contributed by atoms with Crippen molar-refractivity contribution in [3.63, 3.8) is 0 Å². The van der Waals surface area contributed by atoms with E-state index in [1.165, 1.54) is 12.1 Å². The standard InChI is InChI=1S/C23H26FN7O2/c1-23(2,3)29-22(32)33-18-12-27-21-20(18)28-16(11-26-21)19-15-5-4-13(24)10-17(15)31(30-19)14-6-8-25-9-7-14/h4-5,10-12,14,25H,6-9H2,1-3H3,(H,26,27)(H,29,32). The molecule has 0 spiro atoms. The number of hydrogen-bond donors (Lipinski definition) is 3. The van der Waals surface area contributed by atoms with Crippen molar-refractivity contribution in [3.8, 4) is 17.1 Å². The summed E-state index contributed by atoms with van der Waals surface area (Å²) in [5.74, 6) is -0.0360. The number of aromatic nitrogens is 5. The molecule has 0 saturated carbocycles. The van der Waals surface area contributed by atoms with Crippen LogP contribution in [-0.4, -0.2) is 49.5 Å². The number of piperidine rings is 1. The predicted octanol–water partition coefficient (Wildman–Crippen LogP) is 3.93. The second-order valence-electron chi connectivity index (χ2n) is 9.31. The van der Waals surface area contributed by atoms with Crippen molar-refractivity contribution in [1.82, 2.24) is 35.4 Å². The molecule has 3 N–H and O–H groups in total. The molecule has 3 aromatic heterocycles. The van der Waals surface area contributed by atoms with Crippen molar-refractivity contribution < 1.29 is 13.9 Å². The van der Waals surface area contributed by atoms with Crippen LogP contribution in [0, 0.1) is 5.82 Å². The summed E-state index contributed by atoms with van der Waals surface area (Å²) in [4.78, 5) is 24.4. The zero-order chi connectivity index (χ0) is 23.2. The van der Waals surface area contributed by atoms with Gasteiger partial charge in [0.2, 0.25) is 0 Å². The first kappa shape index (κ1) is 21.3. The van der Waals surface area contributed by atoms with Crippen LogP contribution in [-0.2, 0) is 0 Å². The van der Waals surface area contributed by atoms with Gasteiger partial charge in [-0.15, -0.1) is 0 Å². The van der Waals surface area contributed by atoms with Crippen LogP contribution in [0.15, 0.2) is 30.6 Å². The monoisotopic (exact) mass is 451 g/mol. The molecule has 1 amide bonds. The zero-order valence-corrected chi connectivity index (χ0v) is 18.8. The number of fused-ring (bicyclic) bond motifs is 2. The summed E-state index contributed by atoms with van der Waals surface area (Å²) < 4.78 is 21.5. The van der Waals surface area contributed by atoms with E-state index < -0.39 is 11.6 Å². The maximum absolute atomic E-state index is 14.1. The number of H-pyrrole nitrogens is 1. The minimum absolute atomic E-state index is 0.174. The topological polar surface area (TPSA) is 110 Å². The molecule has 0 unspecified atom stereocenters. The van der Waals surface area contributed by atoms with Gasteiger partial charge in [-0.05, 0) is 64.9 Å². The van der Waals surface area contributed by atoms with Gasteiger partial charge in [-0.25, -0.2) is 19.2 Å². The van der Waals surface area contributed by atoms with Crippen LogP contribution in [0.25, 0.3) is 33.5 Å². The first-order valence-electron chi connectivity index (χ1n) is 11.0. The number of hydrogen-bond acceptors (Lipinski definition) is 6. The number of carbonyl (C=O) groups excluding carboxylic acids is 1. The smallest absolute Gasteiger partial charge is 0.406 e. The van der Waals surface area contributed by atoms with E-state index in [9.17, 15) is 9.18 Å². The van der Waals surface area contributed by atoms with Gasteiger partial charge in [0.25, 0.3) is 0 Å². The van der Waals surface area contributed by atoms with Gasteiger partial charge in [0.15, 0.2) is 16.9 Å². The Morgan fingerprint density at radius 3 is 2.82 bits per heavy atom. The average molecular weight is 452 g/mol. The molecule has 5 rings (SSSR count). The molecule has 0 aliphatic carbocycles. The number of rotatable bonds is 3. The lowest BCUT2D eigenvalue weighted by Crippen LogP contribution is -2.42. The Labute approximate surface area is 189 Å². The number of amides is 1. The van der Waals surface area contributed by atoms with E-state index in [0.717, 1.165) is 36.8 Å². The predicted molar refractivity (Wildman–Crippen MR) is 123 cm³/mol. The maximum Gasteiger partial charge on any atom is 0.413 e. The summed E-state index contributed by atoms with van der Waals surface area (Å²) in [5.41, 5.74) is 2.34. The van der Waals surface area contributed by atoms with Crippen LogP contribution in [0.1, 0.15) is 39.7 Å². The van der Waals surface area contributed by atoms with E-state index in [4.69, 9.17) is 14.8 Å². The van der Waals surface area contributed by atoms with E-state index in [2.05, 4.69) is 20.6 Å². The van der Waals surface area contributed by atoms with Gasteiger partial charge < -0.3 is 20.4 Å². The molecule has 1 aliphatic rings. The molecule has 10 heteroatoms. The fraction of sp³-hybridized carbons (Fsp3) is 0.391. The number of ether oxygens (including phenoxy) is 1. The van der Waals surface area contributed by atoms with Crippen molar-refractivity contribution in [2.24, 2.45) is 0 Å². The van der Waals surface area contributed by atoms with Crippen LogP contribution in [0.3, 0.4) is 0 Å². The highest BCUT2D eigenvalue weighted by Gasteiger charge is 2.23. The van der Waals surface area contributed by atoms with Crippen LogP contribution in [0.5, 0.6) is 5.75 Å². The summed E-state index contributed by atoms with van der Waals surface area (Å²) in [6.07, 6.45) is 4.42. The minimum Gasteiger partial charge on any atom is -0.406 e. The Morgan fingerprint density at radius 2 is 2.06 bits per heavy atom. The first-order chi connectivity index (χ1) is 15.8. The zero-order valence-electron chi connectivity index (χ0n) is 18.8. The molecule has 4 heterocycles. The Morgan fingerprint density at radius 1 is 1.27 bits per heavy atom. The molecule has 1 saturated heterocycles. The van der Waals surface area contributed by atoms with Crippen molar-refractivity contribution in [3.05, 3.63) is 36.4 Å². The molecule has 4 aromatic rings. The molecule has 1 fully saturated rings. The third-order valence-electron chi connectivity index (χ3n) is 5.59. The van der Waals surface area contributed by atoms with Gasteiger partial charge in [0.05, 0.1) is 17.8 Å². The molecule has 1 aliphatic heterocycles. The number of halogens is 1. The number of nitrogens with one attached hydrogen (secondary N) is 3. The van der Waals surface area contributed by atoms with Crippen LogP contribution in [0.4, 0.5) is 9.18 Å².